The number of benzene rings is 1. The third-order valence-corrected chi connectivity index (χ3v) is 2.59. The summed E-state index contributed by atoms with van der Waals surface area (Å²) in [6.45, 7) is 3.37. The fraction of sp³-hybridized carbons (Fsp3) is 0.462. The summed E-state index contributed by atoms with van der Waals surface area (Å²) in [4.78, 5) is 1.92. The van der Waals surface area contributed by atoms with Gasteiger partial charge in [0.1, 0.15) is 11.9 Å². The summed E-state index contributed by atoms with van der Waals surface area (Å²) in [6, 6.07) is 6.33. The minimum absolute atomic E-state index is 0.0331. The third kappa shape index (κ3) is 3.72. The molecule has 0 aliphatic carbocycles. The molecule has 1 N–H and O–H groups in total. The van der Waals surface area contributed by atoms with E-state index in [9.17, 15) is 4.39 Å². The standard InChI is InChI=1S/C13H17FN2O/c1-2-3-6-16(7-8-17)12-5-4-11(10-15)13(14)9-12/h4-5,9,17H,2-3,6-8H2,1H3. The highest BCUT2D eigenvalue weighted by Crippen LogP contribution is 2.18. The van der Waals surface area contributed by atoms with Gasteiger partial charge < -0.3 is 10.0 Å². The van der Waals surface area contributed by atoms with Gasteiger partial charge in [-0.1, -0.05) is 13.3 Å². The van der Waals surface area contributed by atoms with Crippen LogP contribution >= 0.6 is 0 Å². The van der Waals surface area contributed by atoms with Crippen LogP contribution in [0.3, 0.4) is 0 Å². The van der Waals surface area contributed by atoms with Crippen LogP contribution in [0.15, 0.2) is 18.2 Å². The van der Waals surface area contributed by atoms with Crippen LogP contribution in [0.4, 0.5) is 10.1 Å². The number of hydrogen-bond donors (Lipinski definition) is 1. The number of anilines is 1. The molecular formula is C13H17FN2O. The minimum atomic E-state index is -0.510. The maximum Gasteiger partial charge on any atom is 0.143 e. The van der Waals surface area contributed by atoms with E-state index >= 15 is 0 Å². The van der Waals surface area contributed by atoms with E-state index in [2.05, 4.69) is 6.92 Å². The second kappa shape index (κ2) is 6.87. The molecule has 0 heterocycles. The van der Waals surface area contributed by atoms with Crippen LogP contribution < -0.4 is 4.90 Å². The zero-order valence-electron chi connectivity index (χ0n) is 9.99. The van der Waals surface area contributed by atoms with Crippen molar-refractivity contribution in [3.8, 4) is 6.07 Å². The smallest absolute Gasteiger partial charge is 0.143 e. The molecule has 0 radical (unpaired) electrons. The van der Waals surface area contributed by atoms with Gasteiger partial charge in [0.2, 0.25) is 0 Å². The van der Waals surface area contributed by atoms with Crippen molar-refractivity contribution in [1.29, 1.82) is 5.26 Å². The van der Waals surface area contributed by atoms with Gasteiger partial charge in [0.05, 0.1) is 12.2 Å². The number of halogens is 1. The van der Waals surface area contributed by atoms with Gasteiger partial charge in [0.15, 0.2) is 0 Å². The Bertz CT molecular complexity index is 401. The fourth-order valence-corrected chi connectivity index (χ4v) is 1.63. The number of hydrogen-bond acceptors (Lipinski definition) is 3. The monoisotopic (exact) mass is 236 g/mol. The van der Waals surface area contributed by atoms with Crippen molar-refractivity contribution in [2.45, 2.75) is 19.8 Å². The van der Waals surface area contributed by atoms with Gasteiger partial charge >= 0.3 is 0 Å². The van der Waals surface area contributed by atoms with E-state index in [0.717, 1.165) is 19.4 Å². The van der Waals surface area contributed by atoms with E-state index in [0.29, 0.717) is 12.2 Å². The molecule has 17 heavy (non-hydrogen) atoms. The molecule has 1 aromatic rings. The van der Waals surface area contributed by atoms with Crippen molar-refractivity contribution in [3.05, 3.63) is 29.6 Å². The van der Waals surface area contributed by atoms with Crippen LogP contribution in [-0.2, 0) is 0 Å². The molecule has 92 valence electrons. The highest BCUT2D eigenvalue weighted by atomic mass is 19.1. The zero-order valence-corrected chi connectivity index (χ0v) is 9.99. The quantitative estimate of drug-likeness (QED) is 0.824. The molecule has 4 heteroatoms. The summed E-state index contributed by atoms with van der Waals surface area (Å²) in [7, 11) is 0. The summed E-state index contributed by atoms with van der Waals surface area (Å²) >= 11 is 0. The molecule has 0 aliphatic heterocycles. The molecule has 0 bridgehead atoms. The lowest BCUT2D eigenvalue weighted by atomic mass is 10.2. The first kappa shape index (κ1) is 13.5. The fourth-order valence-electron chi connectivity index (χ4n) is 1.63. The summed E-state index contributed by atoms with van der Waals surface area (Å²) < 4.78 is 13.5. The number of nitrogens with zero attached hydrogens (tertiary/aromatic N) is 2. The van der Waals surface area contributed by atoms with E-state index in [1.807, 2.05) is 4.90 Å². The van der Waals surface area contributed by atoms with Crippen molar-refractivity contribution in [1.82, 2.24) is 0 Å². The highest BCUT2D eigenvalue weighted by molar-refractivity contribution is 5.50. The SMILES string of the molecule is CCCCN(CCO)c1ccc(C#N)c(F)c1. The molecule has 0 fully saturated rings. The predicted molar refractivity (Wildman–Crippen MR) is 65.3 cm³/mol. The van der Waals surface area contributed by atoms with Gasteiger partial charge in [-0.05, 0) is 24.6 Å². The van der Waals surface area contributed by atoms with E-state index in [4.69, 9.17) is 10.4 Å². The molecule has 0 saturated heterocycles. The van der Waals surface area contributed by atoms with Gasteiger partial charge in [-0.2, -0.15) is 5.26 Å². The number of aliphatic hydroxyl groups is 1. The first-order valence-electron chi connectivity index (χ1n) is 5.78. The van der Waals surface area contributed by atoms with Crippen LogP contribution in [0.25, 0.3) is 0 Å². The lowest BCUT2D eigenvalue weighted by molar-refractivity contribution is 0.301. The Kier molecular flexibility index (Phi) is 5.44. The molecule has 0 aromatic heterocycles. The maximum atomic E-state index is 13.5. The predicted octanol–water partition coefficient (Wildman–Crippen LogP) is 2.30. The lowest BCUT2D eigenvalue weighted by Gasteiger charge is -2.23. The van der Waals surface area contributed by atoms with Crippen molar-refractivity contribution in [2.75, 3.05) is 24.6 Å². The second-order valence-electron chi connectivity index (χ2n) is 3.84. The Balaban J connectivity index is 2.86. The molecule has 0 atom stereocenters. The number of nitriles is 1. The van der Waals surface area contributed by atoms with Gasteiger partial charge in [-0.15, -0.1) is 0 Å². The van der Waals surface area contributed by atoms with E-state index < -0.39 is 5.82 Å². The average Bonchev–Trinajstić information content (AvgIpc) is 2.34. The van der Waals surface area contributed by atoms with Gasteiger partial charge in [-0.3, -0.25) is 0 Å². The Morgan fingerprint density at radius 1 is 1.41 bits per heavy atom. The van der Waals surface area contributed by atoms with Crippen LogP contribution in [0, 0.1) is 17.1 Å². The molecule has 0 saturated carbocycles. The molecule has 0 unspecified atom stereocenters. The molecule has 0 amide bonds. The molecule has 3 nitrogen and oxygen atoms in total. The molecule has 0 spiro atoms. The number of unbranched alkanes of at least 4 members (excludes halogenated alkanes) is 1. The van der Waals surface area contributed by atoms with E-state index in [1.165, 1.54) is 12.1 Å². The van der Waals surface area contributed by atoms with E-state index in [-0.39, 0.29) is 12.2 Å². The van der Waals surface area contributed by atoms with Crippen molar-refractivity contribution >= 4 is 5.69 Å². The van der Waals surface area contributed by atoms with Crippen LogP contribution in [0.1, 0.15) is 25.3 Å². The van der Waals surface area contributed by atoms with Crippen molar-refractivity contribution in [3.63, 3.8) is 0 Å². The van der Waals surface area contributed by atoms with Crippen LogP contribution in [0.2, 0.25) is 0 Å². The Morgan fingerprint density at radius 2 is 2.18 bits per heavy atom. The molecule has 1 aromatic carbocycles. The summed E-state index contributed by atoms with van der Waals surface area (Å²) in [6.07, 6.45) is 2.03. The van der Waals surface area contributed by atoms with Crippen LogP contribution in [0.5, 0.6) is 0 Å². The Morgan fingerprint density at radius 3 is 2.71 bits per heavy atom. The normalized spacial score (nSPS) is 10.0. The van der Waals surface area contributed by atoms with Crippen molar-refractivity contribution < 1.29 is 9.50 Å². The summed E-state index contributed by atoms with van der Waals surface area (Å²) in [5.74, 6) is -0.510. The lowest BCUT2D eigenvalue weighted by Crippen LogP contribution is -2.27. The minimum Gasteiger partial charge on any atom is -0.395 e. The first-order chi connectivity index (χ1) is 8.22. The summed E-state index contributed by atoms with van der Waals surface area (Å²) in [5.41, 5.74) is 0.761. The summed E-state index contributed by atoms with van der Waals surface area (Å²) in [5, 5.41) is 17.6. The third-order valence-electron chi connectivity index (χ3n) is 2.59. The largest absolute Gasteiger partial charge is 0.395 e. The Labute approximate surface area is 101 Å². The molecule has 1 rings (SSSR count). The zero-order chi connectivity index (χ0) is 12.7. The molecule has 0 aliphatic rings. The average molecular weight is 236 g/mol. The number of rotatable bonds is 6. The number of aliphatic hydroxyl groups excluding tert-OH is 1. The van der Waals surface area contributed by atoms with Gasteiger partial charge in [0, 0.05) is 18.8 Å². The van der Waals surface area contributed by atoms with Gasteiger partial charge in [0.25, 0.3) is 0 Å². The second-order valence-corrected chi connectivity index (χ2v) is 3.84. The topological polar surface area (TPSA) is 47.3 Å². The van der Waals surface area contributed by atoms with Crippen molar-refractivity contribution in [2.24, 2.45) is 0 Å². The highest BCUT2D eigenvalue weighted by Gasteiger charge is 2.08. The Hall–Kier alpha value is -1.60. The molecular weight excluding hydrogens is 219 g/mol. The maximum absolute atomic E-state index is 13.5. The van der Waals surface area contributed by atoms with Crippen LogP contribution in [-0.4, -0.2) is 24.8 Å². The first-order valence-corrected chi connectivity index (χ1v) is 5.78. The van der Waals surface area contributed by atoms with E-state index in [1.54, 1.807) is 12.1 Å². The van der Waals surface area contributed by atoms with Gasteiger partial charge in [-0.25, -0.2) is 4.39 Å².